The van der Waals surface area contributed by atoms with Gasteiger partial charge in [0.05, 0.1) is 6.42 Å². The molecule has 0 aliphatic carbocycles. The smallest absolute Gasteiger partial charge is 0.304 e. The van der Waals surface area contributed by atoms with E-state index in [9.17, 15) is 4.79 Å². The summed E-state index contributed by atoms with van der Waals surface area (Å²) in [6.07, 6.45) is 3.25. The number of likely N-dealkylation sites (N-methyl/N-ethyl adjacent to an activating group) is 1. The summed E-state index contributed by atoms with van der Waals surface area (Å²) < 4.78 is 0. The van der Waals surface area contributed by atoms with Gasteiger partial charge >= 0.3 is 5.97 Å². The summed E-state index contributed by atoms with van der Waals surface area (Å²) >= 11 is 0. The van der Waals surface area contributed by atoms with Crippen molar-refractivity contribution < 1.29 is 9.90 Å². The van der Waals surface area contributed by atoms with Crippen molar-refractivity contribution in [2.24, 2.45) is 0 Å². The average Bonchev–Trinajstić information content (AvgIpc) is 2.36. The lowest BCUT2D eigenvalue weighted by molar-refractivity contribution is -0.138. The van der Waals surface area contributed by atoms with Crippen LogP contribution in [0.1, 0.15) is 31.7 Å². The number of hydrogen-bond donors (Lipinski definition) is 1. The number of benzene rings is 1. The summed E-state index contributed by atoms with van der Waals surface area (Å²) in [5.41, 5.74) is 1.20. The molecular formula is C15H23NO2. The van der Waals surface area contributed by atoms with E-state index in [1.165, 1.54) is 5.56 Å². The van der Waals surface area contributed by atoms with Crippen molar-refractivity contribution >= 4 is 5.97 Å². The minimum atomic E-state index is -0.723. The Morgan fingerprint density at radius 2 is 2.00 bits per heavy atom. The highest BCUT2D eigenvalue weighted by atomic mass is 16.4. The Morgan fingerprint density at radius 3 is 2.56 bits per heavy atom. The first kappa shape index (κ1) is 14.7. The van der Waals surface area contributed by atoms with Crippen molar-refractivity contribution in [1.29, 1.82) is 0 Å². The fraction of sp³-hybridized carbons (Fsp3) is 0.533. The van der Waals surface area contributed by atoms with Gasteiger partial charge in [-0.3, -0.25) is 4.79 Å². The highest BCUT2D eigenvalue weighted by molar-refractivity contribution is 5.67. The van der Waals surface area contributed by atoms with E-state index in [1.54, 1.807) is 0 Å². The molecule has 0 radical (unpaired) electrons. The first-order valence-corrected chi connectivity index (χ1v) is 6.59. The predicted octanol–water partition coefficient (Wildman–Crippen LogP) is 2.80. The quantitative estimate of drug-likeness (QED) is 0.770. The molecule has 1 aromatic carbocycles. The third-order valence-corrected chi connectivity index (χ3v) is 3.21. The van der Waals surface area contributed by atoms with Gasteiger partial charge in [-0.2, -0.15) is 0 Å². The number of nitrogens with zero attached hydrogens (tertiary/aromatic N) is 1. The van der Waals surface area contributed by atoms with Gasteiger partial charge in [0.1, 0.15) is 0 Å². The normalized spacial score (nSPS) is 12.6. The van der Waals surface area contributed by atoms with Gasteiger partial charge in [-0.15, -0.1) is 0 Å². The average molecular weight is 249 g/mol. The van der Waals surface area contributed by atoms with E-state index >= 15 is 0 Å². The first-order chi connectivity index (χ1) is 8.63. The van der Waals surface area contributed by atoms with Gasteiger partial charge in [0.15, 0.2) is 0 Å². The van der Waals surface area contributed by atoms with Crippen LogP contribution in [-0.2, 0) is 11.2 Å². The molecule has 0 amide bonds. The molecule has 1 rings (SSSR count). The zero-order valence-electron chi connectivity index (χ0n) is 11.3. The van der Waals surface area contributed by atoms with Crippen LogP contribution < -0.4 is 0 Å². The minimum absolute atomic E-state index is 0.0800. The number of carboxylic acids is 1. The molecule has 1 unspecified atom stereocenters. The summed E-state index contributed by atoms with van der Waals surface area (Å²) in [6.45, 7) is 3.11. The Bertz CT molecular complexity index is 351. The molecule has 0 aliphatic heterocycles. The number of carbonyl (C=O) groups is 1. The molecule has 0 aromatic heterocycles. The van der Waals surface area contributed by atoms with Crippen molar-refractivity contribution in [3.63, 3.8) is 0 Å². The van der Waals surface area contributed by atoms with Crippen LogP contribution in [0.25, 0.3) is 0 Å². The maximum atomic E-state index is 11.0. The Morgan fingerprint density at radius 1 is 1.33 bits per heavy atom. The second-order valence-corrected chi connectivity index (χ2v) is 4.78. The van der Waals surface area contributed by atoms with Crippen molar-refractivity contribution in [2.75, 3.05) is 13.6 Å². The molecule has 0 saturated heterocycles. The molecule has 1 atom stereocenters. The second-order valence-electron chi connectivity index (χ2n) is 4.78. The Balaban J connectivity index is 2.63. The third kappa shape index (κ3) is 5.32. The third-order valence-electron chi connectivity index (χ3n) is 3.21. The van der Waals surface area contributed by atoms with Crippen molar-refractivity contribution in [3.8, 4) is 0 Å². The lowest BCUT2D eigenvalue weighted by atomic mass is 10.0. The van der Waals surface area contributed by atoms with E-state index < -0.39 is 5.97 Å². The summed E-state index contributed by atoms with van der Waals surface area (Å²) in [7, 11) is 2.02. The van der Waals surface area contributed by atoms with E-state index in [2.05, 4.69) is 24.0 Å². The number of rotatable bonds is 8. The molecule has 3 heteroatoms. The van der Waals surface area contributed by atoms with E-state index in [0.717, 1.165) is 25.8 Å². The number of hydrogen-bond acceptors (Lipinski definition) is 2. The summed E-state index contributed by atoms with van der Waals surface area (Å²) in [5.74, 6) is -0.723. The number of carboxylic acid groups (broad SMARTS) is 1. The first-order valence-electron chi connectivity index (χ1n) is 6.59. The molecule has 0 heterocycles. The molecule has 100 valence electrons. The van der Waals surface area contributed by atoms with Crippen LogP contribution in [0.2, 0.25) is 0 Å². The Labute approximate surface area is 109 Å². The SMILES string of the molecule is CCCCN(C)C(CC(=O)O)Cc1ccccc1. The van der Waals surface area contributed by atoms with Crippen LogP contribution in [0.3, 0.4) is 0 Å². The highest BCUT2D eigenvalue weighted by Gasteiger charge is 2.18. The zero-order chi connectivity index (χ0) is 13.4. The van der Waals surface area contributed by atoms with Gasteiger partial charge in [-0.05, 0) is 32.0 Å². The minimum Gasteiger partial charge on any atom is -0.481 e. The van der Waals surface area contributed by atoms with Gasteiger partial charge < -0.3 is 10.0 Å². The zero-order valence-corrected chi connectivity index (χ0v) is 11.3. The van der Waals surface area contributed by atoms with Crippen LogP contribution in [0.5, 0.6) is 0 Å². The molecule has 0 spiro atoms. The number of aliphatic carboxylic acids is 1. The van der Waals surface area contributed by atoms with Crippen molar-refractivity contribution in [1.82, 2.24) is 4.90 Å². The van der Waals surface area contributed by atoms with Crippen LogP contribution in [0.4, 0.5) is 0 Å². The monoisotopic (exact) mass is 249 g/mol. The lowest BCUT2D eigenvalue weighted by Crippen LogP contribution is -2.36. The van der Waals surface area contributed by atoms with Crippen LogP contribution in [0, 0.1) is 0 Å². The molecule has 0 bridgehead atoms. The summed E-state index contributed by atoms with van der Waals surface area (Å²) in [5, 5.41) is 9.01. The van der Waals surface area contributed by atoms with Gasteiger partial charge in [0.25, 0.3) is 0 Å². The Kier molecular flexibility index (Phi) is 6.44. The molecular weight excluding hydrogens is 226 g/mol. The topological polar surface area (TPSA) is 40.5 Å². The molecule has 18 heavy (non-hydrogen) atoms. The molecule has 3 nitrogen and oxygen atoms in total. The van der Waals surface area contributed by atoms with E-state index in [0.29, 0.717) is 0 Å². The van der Waals surface area contributed by atoms with E-state index in [4.69, 9.17) is 5.11 Å². The maximum Gasteiger partial charge on any atom is 0.304 e. The van der Waals surface area contributed by atoms with Gasteiger partial charge in [-0.1, -0.05) is 43.7 Å². The molecule has 0 fully saturated rings. The standard InChI is InChI=1S/C15H23NO2/c1-3-4-10-16(2)14(12-15(17)18)11-13-8-6-5-7-9-13/h5-9,14H,3-4,10-12H2,1-2H3,(H,17,18). The fourth-order valence-corrected chi connectivity index (χ4v) is 2.06. The van der Waals surface area contributed by atoms with Gasteiger partial charge in [0.2, 0.25) is 0 Å². The highest BCUT2D eigenvalue weighted by Crippen LogP contribution is 2.12. The Hall–Kier alpha value is -1.35. The number of unbranched alkanes of at least 4 members (excludes halogenated alkanes) is 1. The van der Waals surface area contributed by atoms with Gasteiger partial charge in [0, 0.05) is 6.04 Å². The maximum absolute atomic E-state index is 11.0. The molecule has 0 aliphatic rings. The molecule has 1 N–H and O–H groups in total. The largest absolute Gasteiger partial charge is 0.481 e. The van der Waals surface area contributed by atoms with E-state index in [1.807, 2.05) is 25.2 Å². The lowest BCUT2D eigenvalue weighted by Gasteiger charge is -2.27. The van der Waals surface area contributed by atoms with Crippen LogP contribution >= 0.6 is 0 Å². The molecule has 1 aromatic rings. The summed E-state index contributed by atoms with van der Waals surface area (Å²) in [6, 6.07) is 10.2. The summed E-state index contributed by atoms with van der Waals surface area (Å²) in [4.78, 5) is 13.1. The van der Waals surface area contributed by atoms with Crippen LogP contribution in [0.15, 0.2) is 30.3 Å². The van der Waals surface area contributed by atoms with Crippen molar-refractivity contribution in [3.05, 3.63) is 35.9 Å². The van der Waals surface area contributed by atoms with Crippen LogP contribution in [-0.4, -0.2) is 35.6 Å². The van der Waals surface area contributed by atoms with Crippen molar-refractivity contribution in [2.45, 2.75) is 38.6 Å². The fourth-order valence-electron chi connectivity index (χ4n) is 2.06. The molecule has 0 saturated carbocycles. The second kappa shape index (κ2) is 7.88. The van der Waals surface area contributed by atoms with E-state index in [-0.39, 0.29) is 12.5 Å². The predicted molar refractivity (Wildman–Crippen MR) is 73.7 cm³/mol. The van der Waals surface area contributed by atoms with Gasteiger partial charge in [-0.25, -0.2) is 0 Å².